The Bertz CT molecular complexity index is 1420. The summed E-state index contributed by atoms with van der Waals surface area (Å²) in [6.45, 7) is 3.86. The number of hydrogen-bond donors (Lipinski definition) is 1. The fraction of sp³-hybridized carbons (Fsp3) is 0.346. The number of ketones is 1. The molecule has 10 heteroatoms. The van der Waals surface area contributed by atoms with Gasteiger partial charge in [-0.2, -0.15) is 15.3 Å². The molecule has 0 amide bonds. The van der Waals surface area contributed by atoms with Crippen LogP contribution in [0.3, 0.4) is 0 Å². The third-order valence-electron chi connectivity index (χ3n) is 6.73. The van der Waals surface area contributed by atoms with E-state index in [1.54, 1.807) is 18.3 Å². The summed E-state index contributed by atoms with van der Waals surface area (Å²) in [6.07, 6.45) is 3.69. The van der Waals surface area contributed by atoms with Gasteiger partial charge in [-0.15, -0.1) is 0 Å². The summed E-state index contributed by atoms with van der Waals surface area (Å²) in [6, 6.07) is 11.3. The van der Waals surface area contributed by atoms with Crippen molar-refractivity contribution < 1.29 is 13.9 Å². The molecule has 0 unspecified atom stereocenters. The average molecular weight is 488 g/mol. The summed E-state index contributed by atoms with van der Waals surface area (Å²) in [5, 5.41) is 17.2. The summed E-state index contributed by atoms with van der Waals surface area (Å²) >= 11 is 0. The SMILES string of the molecule is O=C(Cc1cc2cc(-c3cnn4c3CN(CCF)CC4)ccc2nn1)c1ccnc(OC2CNC2)c1. The summed E-state index contributed by atoms with van der Waals surface area (Å²) in [7, 11) is 0. The highest BCUT2D eigenvalue weighted by atomic mass is 19.1. The van der Waals surface area contributed by atoms with E-state index < -0.39 is 0 Å². The first-order valence-corrected chi connectivity index (χ1v) is 12.1. The number of pyridine rings is 1. The van der Waals surface area contributed by atoms with Crippen LogP contribution in [0.5, 0.6) is 5.88 Å². The number of fused-ring (bicyclic) bond motifs is 2. The molecule has 184 valence electrons. The topological polar surface area (TPSA) is 98.1 Å². The van der Waals surface area contributed by atoms with Crippen LogP contribution in [0.1, 0.15) is 21.7 Å². The van der Waals surface area contributed by atoms with E-state index in [4.69, 9.17) is 4.74 Å². The molecule has 1 N–H and O–H groups in total. The summed E-state index contributed by atoms with van der Waals surface area (Å²) in [5.41, 5.74) is 5.01. The van der Waals surface area contributed by atoms with Crippen molar-refractivity contribution in [3.63, 3.8) is 0 Å². The van der Waals surface area contributed by atoms with E-state index in [0.717, 1.165) is 53.9 Å². The second-order valence-corrected chi connectivity index (χ2v) is 9.18. The lowest BCUT2D eigenvalue weighted by Gasteiger charge is -2.27. The maximum atomic E-state index is 13.0. The molecule has 6 rings (SSSR count). The Balaban J connectivity index is 1.23. The predicted molar refractivity (Wildman–Crippen MR) is 132 cm³/mol. The fourth-order valence-electron chi connectivity index (χ4n) is 4.62. The van der Waals surface area contributed by atoms with Crippen molar-refractivity contribution in [1.82, 2.24) is 35.2 Å². The van der Waals surface area contributed by atoms with Gasteiger partial charge in [0.2, 0.25) is 5.88 Å². The third-order valence-corrected chi connectivity index (χ3v) is 6.73. The van der Waals surface area contributed by atoms with E-state index >= 15 is 0 Å². The van der Waals surface area contributed by atoms with Gasteiger partial charge in [0, 0.05) is 61.5 Å². The zero-order valence-corrected chi connectivity index (χ0v) is 19.7. The molecule has 0 atom stereocenters. The minimum Gasteiger partial charge on any atom is -0.472 e. The molecule has 9 nitrogen and oxygen atoms in total. The highest BCUT2D eigenvalue weighted by Gasteiger charge is 2.22. The number of hydrogen-bond acceptors (Lipinski definition) is 8. The van der Waals surface area contributed by atoms with E-state index in [2.05, 4.69) is 36.6 Å². The Hall–Kier alpha value is -3.76. The van der Waals surface area contributed by atoms with Gasteiger partial charge in [0.1, 0.15) is 12.8 Å². The van der Waals surface area contributed by atoms with Crippen LogP contribution >= 0.6 is 0 Å². The van der Waals surface area contributed by atoms with Gasteiger partial charge in [0.25, 0.3) is 0 Å². The Labute approximate surface area is 207 Å². The molecule has 5 heterocycles. The number of carbonyl (C=O) groups is 1. The Morgan fingerprint density at radius 2 is 2.06 bits per heavy atom. The van der Waals surface area contributed by atoms with Crippen LogP contribution in [0.15, 0.2) is 48.8 Å². The first-order valence-electron chi connectivity index (χ1n) is 12.1. The normalized spacial score (nSPS) is 16.0. The zero-order chi connectivity index (χ0) is 24.5. The Kier molecular flexibility index (Phi) is 6.12. The van der Waals surface area contributed by atoms with E-state index in [9.17, 15) is 9.18 Å². The molecule has 1 fully saturated rings. The molecule has 2 aliphatic rings. The summed E-state index contributed by atoms with van der Waals surface area (Å²) < 4.78 is 20.7. The molecule has 0 bridgehead atoms. The van der Waals surface area contributed by atoms with E-state index in [0.29, 0.717) is 30.2 Å². The number of alkyl halides is 1. The van der Waals surface area contributed by atoms with Gasteiger partial charge in [-0.1, -0.05) is 6.07 Å². The maximum Gasteiger partial charge on any atom is 0.214 e. The molecular formula is C26H26FN7O2. The van der Waals surface area contributed by atoms with Crippen molar-refractivity contribution in [2.75, 3.05) is 32.9 Å². The summed E-state index contributed by atoms with van der Waals surface area (Å²) in [4.78, 5) is 19.3. The lowest BCUT2D eigenvalue weighted by Crippen LogP contribution is -2.50. The Morgan fingerprint density at radius 1 is 1.14 bits per heavy atom. The van der Waals surface area contributed by atoms with Gasteiger partial charge in [0.05, 0.1) is 36.1 Å². The number of ether oxygens (including phenoxy) is 1. The predicted octanol–water partition coefficient (Wildman–Crippen LogP) is 2.45. The first-order chi connectivity index (χ1) is 17.7. The Morgan fingerprint density at radius 3 is 2.89 bits per heavy atom. The van der Waals surface area contributed by atoms with Crippen LogP contribution in [0, 0.1) is 0 Å². The average Bonchev–Trinajstić information content (AvgIpc) is 3.29. The van der Waals surface area contributed by atoms with Crippen molar-refractivity contribution in [3.05, 3.63) is 65.7 Å². The van der Waals surface area contributed by atoms with Gasteiger partial charge in [-0.25, -0.2) is 9.37 Å². The second-order valence-electron chi connectivity index (χ2n) is 9.18. The highest BCUT2D eigenvalue weighted by Crippen LogP contribution is 2.29. The largest absolute Gasteiger partial charge is 0.472 e. The lowest BCUT2D eigenvalue weighted by molar-refractivity contribution is 0.0989. The van der Waals surface area contributed by atoms with Gasteiger partial charge in [-0.05, 0) is 29.8 Å². The maximum absolute atomic E-state index is 13.0. The molecule has 0 saturated carbocycles. The van der Waals surface area contributed by atoms with Crippen LogP contribution < -0.4 is 10.1 Å². The van der Waals surface area contributed by atoms with E-state index in [1.165, 1.54) is 0 Å². The molecule has 0 aliphatic carbocycles. The highest BCUT2D eigenvalue weighted by molar-refractivity contribution is 5.98. The number of Topliss-reactive ketones (excluding diaryl/α,β-unsaturated/α-hetero) is 1. The minimum atomic E-state index is -0.356. The molecule has 36 heavy (non-hydrogen) atoms. The van der Waals surface area contributed by atoms with Crippen LogP contribution in [-0.4, -0.2) is 74.6 Å². The lowest BCUT2D eigenvalue weighted by atomic mass is 10.0. The standard InChI is InChI=1S/C26H26FN7O2/c27-4-6-33-7-8-34-24(16-33)22(15-30-34)17-1-2-23-19(9-17)10-20(31-32-23)12-25(35)18-3-5-29-26(11-18)36-21-13-28-14-21/h1-3,5,9-11,15,21,28H,4,6-8,12-14,16H2. The minimum absolute atomic E-state index is 0.0718. The second kappa shape index (κ2) is 9.71. The van der Waals surface area contributed by atoms with Crippen LogP contribution in [0.4, 0.5) is 4.39 Å². The van der Waals surface area contributed by atoms with Gasteiger partial charge in [0.15, 0.2) is 5.78 Å². The van der Waals surface area contributed by atoms with Gasteiger partial charge >= 0.3 is 0 Å². The molecule has 0 radical (unpaired) electrons. The van der Waals surface area contributed by atoms with Crippen molar-refractivity contribution in [1.29, 1.82) is 0 Å². The number of benzene rings is 1. The molecular weight excluding hydrogens is 461 g/mol. The van der Waals surface area contributed by atoms with E-state index in [-0.39, 0.29) is 25.0 Å². The quantitative estimate of drug-likeness (QED) is 0.379. The molecule has 3 aromatic heterocycles. The fourth-order valence-corrected chi connectivity index (χ4v) is 4.62. The number of nitrogens with one attached hydrogen (secondary N) is 1. The van der Waals surface area contributed by atoms with Crippen LogP contribution in [0.2, 0.25) is 0 Å². The number of halogens is 1. The van der Waals surface area contributed by atoms with E-state index in [1.807, 2.05) is 29.1 Å². The molecule has 1 aromatic carbocycles. The number of carbonyl (C=O) groups excluding carboxylic acids is 1. The number of aromatic nitrogens is 5. The molecule has 4 aromatic rings. The molecule has 0 spiro atoms. The van der Waals surface area contributed by atoms with Crippen molar-refractivity contribution >= 4 is 16.7 Å². The van der Waals surface area contributed by atoms with Crippen LogP contribution in [0.25, 0.3) is 22.0 Å². The summed E-state index contributed by atoms with van der Waals surface area (Å²) in [5.74, 6) is 0.383. The monoisotopic (exact) mass is 487 g/mol. The van der Waals surface area contributed by atoms with Gasteiger partial charge in [-0.3, -0.25) is 14.4 Å². The molecule has 1 saturated heterocycles. The molecule has 2 aliphatic heterocycles. The smallest absolute Gasteiger partial charge is 0.214 e. The third kappa shape index (κ3) is 4.57. The zero-order valence-electron chi connectivity index (χ0n) is 19.7. The van der Waals surface area contributed by atoms with Crippen LogP contribution in [-0.2, 0) is 19.5 Å². The van der Waals surface area contributed by atoms with Crippen molar-refractivity contribution in [3.8, 4) is 17.0 Å². The first kappa shape index (κ1) is 22.7. The number of nitrogens with zero attached hydrogens (tertiary/aromatic N) is 6. The van der Waals surface area contributed by atoms with Crippen molar-refractivity contribution in [2.24, 2.45) is 0 Å². The van der Waals surface area contributed by atoms with Gasteiger partial charge < -0.3 is 10.1 Å². The van der Waals surface area contributed by atoms with Crippen molar-refractivity contribution in [2.45, 2.75) is 25.6 Å². The number of rotatable bonds is 8.